The molecule has 5 aromatic rings. The van der Waals surface area contributed by atoms with Gasteiger partial charge in [-0.1, -0.05) is 44.2 Å². The van der Waals surface area contributed by atoms with Gasteiger partial charge in [-0.15, -0.1) is 11.3 Å². The Morgan fingerprint density at radius 2 is 1.55 bits per heavy atom. The number of aryl methyl sites for hydroxylation is 2. The van der Waals surface area contributed by atoms with E-state index in [0.717, 1.165) is 44.3 Å². The molecule has 21 heteroatoms. The second kappa shape index (κ2) is 24.9. The predicted molar refractivity (Wildman–Crippen MR) is 289 cm³/mol. The number of hydrogen-bond acceptors (Lipinski definition) is 14. The number of ketones is 1. The molecule has 1 N–H and O–H groups in total. The number of thiocarbonyl (C=S) groups is 1. The van der Waals surface area contributed by atoms with Crippen LogP contribution in [0.3, 0.4) is 0 Å². The molecule has 0 saturated carbocycles. The van der Waals surface area contributed by atoms with Crippen molar-refractivity contribution in [2.75, 3.05) is 69.2 Å². The Kier molecular flexibility index (Phi) is 18.3. The maximum absolute atomic E-state index is 14.3. The van der Waals surface area contributed by atoms with Gasteiger partial charge in [0.2, 0.25) is 5.91 Å². The zero-order valence-corrected chi connectivity index (χ0v) is 45.6. The van der Waals surface area contributed by atoms with E-state index in [0.29, 0.717) is 62.1 Å². The number of aliphatic hydroxyl groups is 1. The van der Waals surface area contributed by atoms with E-state index in [1.54, 1.807) is 71.6 Å². The number of carbonyl (C=O) groups excluding carboxylic acids is 4. The summed E-state index contributed by atoms with van der Waals surface area (Å²) in [6, 6.07) is 22.9. The van der Waals surface area contributed by atoms with Crippen LogP contribution < -0.4 is 19.3 Å². The predicted octanol–water partition coefficient (Wildman–Crippen LogP) is 8.58. The number of likely N-dealkylation sites (tertiary alicyclic amines) is 1. The molecule has 2 fully saturated rings. The number of nitriles is 1. The molecule has 4 heterocycles. The average Bonchev–Trinajstić information content (AvgIpc) is 4.21. The van der Waals surface area contributed by atoms with Gasteiger partial charge in [0.15, 0.2) is 10.9 Å². The van der Waals surface area contributed by atoms with Crippen molar-refractivity contribution in [3.63, 3.8) is 0 Å². The van der Waals surface area contributed by atoms with Crippen LogP contribution >= 0.6 is 23.6 Å². The largest absolute Gasteiger partial charge is 0.491 e. The first-order valence-electron chi connectivity index (χ1n) is 25.6. The smallest absolute Gasteiger partial charge is 0.417 e. The van der Waals surface area contributed by atoms with Crippen molar-refractivity contribution in [2.24, 2.45) is 5.92 Å². The van der Waals surface area contributed by atoms with Crippen LogP contribution in [-0.2, 0) is 47.7 Å². The van der Waals surface area contributed by atoms with E-state index in [9.17, 15) is 42.7 Å². The number of fused-ring (bicyclic) bond motifs is 1. The van der Waals surface area contributed by atoms with Crippen LogP contribution in [0.4, 0.5) is 24.5 Å². The van der Waals surface area contributed by atoms with Gasteiger partial charge in [0, 0.05) is 37.2 Å². The first-order chi connectivity index (χ1) is 37.3. The lowest BCUT2D eigenvalue weighted by molar-refractivity contribution is -0.142. The van der Waals surface area contributed by atoms with Gasteiger partial charge < -0.3 is 43.5 Å². The van der Waals surface area contributed by atoms with Crippen molar-refractivity contribution in [1.82, 2.24) is 14.8 Å². The molecular weight excluding hydrogens is 1050 g/mol. The maximum atomic E-state index is 14.3. The number of β-amino-alcohol motifs (C(OH)–C–C–N with tert-alkyl or cyclic N) is 1. The van der Waals surface area contributed by atoms with E-state index in [2.05, 4.69) is 4.98 Å². The van der Waals surface area contributed by atoms with E-state index in [-0.39, 0.29) is 80.1 Å². The van der Waals surface area contributed by atoms with Crippen molar-refractivity contribution in [3.8, 4) is 28.0 Å². The topological polar surface area (TPSA) is 184 Å². The van der Waals surface area contributed by atoms with Crippen LogP contribution in [0, 0.1) is 24.2 Å². The van der Waals surface area contributed by atoms with Crippen LogP contribution in [0.5, 0.6) is 11.5 Å². The van der Waals surface area contributed by atoms with Gasteiger partial charge in [-0.2, -0.15) is 18.4 Å². The van der Waals surface area contributed by atoms with E-state index >= 15 is 0 Å². The standard InChI is InChI=1S/C57H61F3N6O10S2/c1-35(2)50(64-32-40-8-6-7-9-45(40)52(64)69)53(70)63-33-43(67)30-47(63)48(68)19-13-37-10-11-38(51-36(3)62-34-78-51)28-49(37)76-27-25-74-23-21-72-20-22-73-24-26-75-44-17-15-41(16-18-44)66-55(77)65(54(71)56(66,4)5)42-14-12-39(31-61)46(29-42)57(58,59)60/h6-12,14-18,28-29,34-35,43,47,50,67H,13,19-27,30,32-33H2,1-5H3/t43-,47+,50+/m1/s1. The summed E-state index contributed by atoms with van der Waals surface area (Å²) in [5.74, 6) is -0.382. The molecular formula is C57H61F3N6O10S2. The highest BCUT2D eigenvalue weighted by atomic mass is 32.1. The third-order valence-electron chi connectivity index (χ3n) is 13.9. The third-order valence-corrected chi connectivity index (χ3v) is 15.2. The number of carbonyl (C=O) groups is 4. The molecule has 8 rings (SSSR count). The van der Waals surface area contributed by atoms with Gasteiger partial charge in [0.05, 0.1) is 90.8 Å². The summed E-state index contributed by atoms with van der Waals surface area (Å²) in [7, 11) is 0. The van der Waals surface area contributed by atoms with Gasteiger partial charge in [-0.3, -0.25) is 24.1 Å². The summed E-state index contributed by atoms with van der Waals surface area (Å²) in [5, 5.41) is 20.0. The van der Waals surface area contributed by atoms with Gasteiger partial charge in [-0.05, 0) is 117 Å². The summed E-state index contributed by atoms with van der Waals surface area (Å²) in [6.07, 6.45) is -5.12. The lowest BCUT2D eigenvalue weighted by Crippen LogP contribution is -2.54. The zero-order chi connectivity index (χ0) is 55.9. The monoisotopic (exact) mass is 1110 g/mol. The molecule has 3 amide bonds. The van der Waals surface area contributed by atoms with Crippen LogP contribution in [0.25, 0.3) is 10.4 Å². The maximum Gasteiger partial charge on any atom is 0.417 e. The lowest BCUT2D eigenvalue weighted by atomic mass is 9.97. The molecule has 78 heavy (non-hydrogen) atoms. The molecule has 0 unspecified atom stereocenters. The molecule has 3 aliphatic heterocycles. The van der Waals surface area contributed by atoms with Crippen molar-refractivity contribution in [3.05, 3.63) is 124 Å². The summed E-state index contributed by atoms with van der Waals surface area (Å²) in [5.41, 5.74) is 3.30. The van der Waals surface area contributed by atoms with Gasteiger partial charge in [0.25, 0.3) is 11.8 Å². The van der Waals surface area contributed by atoms with Gasteiger partial charge >= 0.3 is 6.18 Å². The third kappa shape index (κ3) is 12.7. The van der Waals surface area contributed by atoms with Crippen LogP contribution in [0.15, 0.2) is 90.4 Å². The number of aromatic nitrogens is 1. The number of rotatable bonds is 24. The summed E-state index contributed by atoms with van der Waals surface area (Å²) in [6.45, 7) is 11.5. The van der Waals surface area contributed by atoms with Crippen LogP contribution in [-0.4, -0.2) is 132 Å². The van der Waals surface area contributed by atoms with Crippen molar-refractivity contribution in [2.45, 2.75) is 90.3 Å². The highest BCUT2D eigenvalue weighted by Crippen LogP contribution is 2.41. The number of halogens is 3. The number of aliphatic hydroxyl groups excluding tert-OH is 1. The summed E-state index contributed by atoms with van der Waals surface area (Å²) >= 11 is 7.15. The number of ether oxygens (including phenoxy) is 5. The number of nitrogens with zero attached hydrogens (tertiary/aromatic N) is 6. The van der Waals surface area contributed by atoms with Crippen LogP contribution in [0.2, 0.25) is 0 Å². The number of Topliss-reactive ketones (excluding diaryl/α,β-unsaturated/α-hetero) is 1. The minimum atomic E-state index is -4.81. The molecule has 4 aromatic carbocycles. The van der Waals surface area contributed by atoms with Crippen LogP contribution in [0.1, 0.15) is 78.8 Å². The number of anilines is 2. The molecule has 0 radical (unpaired) electrons. The van der Waals surface area contributed by atoms with Gasteiger partial charge in [0.1, 0.15) is 36.3 Å². The Morgan fingerprint density at radius 3 is 2.18 bits per heavy atom. The Balaban J connectivity index is 0.749. The average molecular weight is 1110 g/mol. The van der Waals surface area contributed by atoms with E-state index < -0.39 is 46.9 Å². The number of alkyl halides is 3. The normalized spacial score (nSPS) is 17.5. The Labute approximate surface area is 460 Å². The number of amides is 3. The fourth-order valence-corrected chi connectivity index (χ4v) is 11.3. The first kappa shape index (κ1) is 57.4. The fraction of sp³-hybridized carbons (Fsp3) is 0.421. The zero-order valence-electron chi connectivity index (χ0n) is 43.9. The molecule has 0 spiro atoms. The SMILES string of the molecule is Cc1ncsc1-c1ccc(CCC(=O)[C@@H]2C[C@@H](O)CN2C(=O)[C@H](C(C)C)N2Cc3ccccc3C2=O)c(OCCOCCOCCOCCOc2ccc(N3C(=S)N(c4ccc(C#N)c(C(F)(F)F)c4)C(=O)C3(C)C)cc2)c1. The molecule has 3 aliphatic rings. The molecule has 0 bridgehead atoms. The number of thiazole rings is 1. The van der Waals surface area contributed by atoms with E-state index in [1.165, 1.54) is 22.3 Å². The molecule has 412 valence electrons. The van der Waals surface area contributed by atoms with Gasteiger partial charge in [-0.25, -0.2) is 4.98 Å². The van der Waals surface area contributed by atoms with E-state index in [4.69, 9.17) is 35.9 Å². The highest BCUT2D eigenvalue weighted by Gasteiger charge is 2.51. The minimum absolute atomic E-state index is 0.0136. The number of benzene rings is 4. The molecule has 1 aromatic heterocycles. The molecule has 16 nitrogen and oxygen atoms in total. The second-order valence-electron chi connectivity index (χ2n) is 19.9. The Bertz CT molecular complexity index is 3050. The van der Waals surface area contributed by atoms with E-state index in [1.807, 2.05) is 51.1 Å². The molecule has 2 saturated heterocycles. The fourth-order valence-electron chi connectivity index (χ4n) is 9.97. The highest BCUT2D eigenvalue weighted by molar-refractivity contribution is 7.81. The second-order valence-corrected chi connectivity index (χ2v) is 21.1. The first-order valence-corrected chi connectivity index (χ1v) is 26.9. The Hall–Kier alpha value is -6.80. The quantitative estimate of drug-likeness (QED) is 0.0458. The van der Waals surface area contributed by atoms with Crippen molar-refractivity contribution >= 4 is 63.5 Å². The van der Waals surface area contributed by atoms with Crippen molar-refractivity contribution < 1.29 is 61.1 Å². The summed E-state index contributed by atoms with van der Waals surface area (Å²) < 4.78 is 70.5. The number of hydrogen-bond donors (Lipinski definition) is 1. The Morgan fingerprint density at radius 1 is 0.897 bits per heavy atom. The van der Waals surface area contributed by atoms with Crippen molar-refractivity contribution in [1.29, 1.82) is 5.26 Å². The molecule has 0 aliphatic carbocycles. The minimum Gasteiger partial charge on any atom is -0.491 e. The molecule has 3 atom stereocenters. The lowest BCUT2D eigenvalue weighted by Gasteiger charge is -2.35. The summed E-state index contributed by atoms with van der Waals surface area (Å²) in [4.78, 5) is 66.4.